The molecule has 1 fully saturated rings. The summed E-state index contributed by atoms with van der Waals surface area (Å²) >= 11 is 6.13. The SMILES string of the molecule is COC(=O)c1ccc(C(=O)N[C@H]2C(C)(C)[C@H](Oc3ccc(C#N)c(Cl)c3)C2(C)C)cc1. The van der Waals surface area contributed by atoms with Crippen molar-refractivity contribution in [2.45, 2.75) is 39.8 Å². The van der Waals surface area contributed by atoms with Gasteiger partial charge in [-0.1, -0.05) is 39.3 Å². The average molecular weight is 441 g/mol. The highest BCUT2D eigenvalue weighted by Crippen LogP contribution is 2.55. The largest absolute Gasteiger partial charge is 0.489 e. The zero-order chi connectivity index (χ0) is 23.0. The molecule has 7 heteroatoms. The van der Waals surface area contributed by atoms with Gasteiger partial charge in [0.05, 0.1) is 23.3 Å². The molecule has 1 saturated carbocycles. The van der Waals surface area contributed by atoms with E-state index in [0.717, 1.165) is 0 Å². The molecule has 0 unspecified atom stereocenters. The van der Waals surface area contributed by atoms with E-state index in [1.165, 1.54) is 7.11 Å². The smallest absolute Gasteiger partial charge is 0.337 e. The van der Waals surface area contributed by atoms with Crippen LogP contribution in [0.15, 0.2) is 42.5 Å². The zero-order valence-electron chi connectivity index (χ0n) is 18.2. The van der Waals surface area contributed by atoms with Gasteiger partial charge in [-0.25, -0.2) is 4.79 Å². The number of hydrogen-bond acceptors (Lipinski definition) is 5. The molecule has 0 aliphatic heterocycles. The fourth-order valence-corrected chi connectivity index (χ4v) is 4.90. The number of nitrogens with zero attached hydrogens (tertiary/aromatic N) is 1. The van der Waals surface area contributed by atoms with Crippen molar-refractivity contribution in [3.05, 3.63) is 64.2 Å². The summed E-state index contributed by atoms with van der Waals surface area (Å²) in [4.78, 5) is 24.4. The number of ether oxygens (including phenoxy) is 2. The maximum Gasteiger partial charge on any atom is 0.337 e. The Morgan fingerprint density at radius 3 is 2.13 bits per heavy atom. The zero-order valence-corrected chi connectivity index (χ0v) is 18.9. The number of rotatable bonds is 5. The topological polar surface area (TPSA) is 88.4 Å². The molecule has 1 amide bonds. The van der Waals surface area contributed by atoms with Gasteiger partial charge >= 0.3 is 5.97 Å². The Balaban J connectivity index is 1.73. The van der Waals surface area contributed by atoms with Gasteiger partial charge in [-0.3, -0.25) is 4.79 Å². The lowest BCUT2D eigenvalue weighted by atomic mass is 9.49. The number of benzene rings is 2. The number of carbonyl (C=O) groups excluding carboxylic acids is 2. The van der Waals surface area contributed by atoms with E-state index in [2.05, 4.69) is 10.1 Å². The first-order valence-electron chi connectivity index (χ1n) is 9.88. The van der Waals surface area contributed by atoms with Crippen LogP contribution in [0, 0.1) is 22.2 Å². The van der Waals surface area contributed by atoms with E-state index < -0.39 is 5.97 Å². The predicted molar refractivity (Wildman–Crippen MR) is 117 cm³/mol. The van der Waals surface area contributed by atoms with Crippen LogP contribution in [0.4, 0.5) is 0 Å². The molecule has 1 aliphatic carbocycles. The third kappa shape index (κ3) is 4.11. The molecule has 0 saturated heterocycles. The number of nitriles is 1. The van der Waals surface area contributed by atoms with E-state index in [-0.39, 0.29) is 28.9 Å². The molecule has 3 rings (SSSR count). The second kappa shape index (κ2) is 8.24. The van der Waals surface area contributed by atoms with Gasteiger partial charge in [-0.15, -0.1) is 0 Å². The van der Waals surface area contributed by atoms with Crippen LogP contribution in [-0.2, 0) is 4.74 Å². The van der Waals surface area contributed by atoms with Gasteiger partial charge in [-0.2, -0.15) is 5.26 Å². The number of amides is 1. The number of carbonyl (C=O) groups is 2. The fourth-order valence-electron chi connectivity index (χ4n) is 4.69. The summed E-state index contributed by atoms with van der Waals surface area (Å²) in [5, 5.41) is 12.5. The molecule has 0 bridgehead atoms. The van der Waals surface area contributed by atoms with Gasteiger partial charge in [0, 0.05) is 28.5 Å². The van der Waals surface area contributed by atoms with Crippen molar-refractivity contribution in [3.8, 4) is 11.8 Å². The van der Waals surface area contributed by atoms with Gasteiger partial charge in [0.25, 0.3) is 5.91 Å². The minimum Gasteiger partial charge on any atom is -0.489 e. The van der Waals surface area contributed by atoms with E-state index in [4.69, 9.17) is 21.6 Å². The van der Waals surface area contributed by atoms with Gasteiger partial charge in [-0.05, 0) is 36.4 Å². The van der Waals surface area contributed by atoms with E-state index in [1.54, 1.807) is 42.5 Å². The Kier molecular flexibility index (Phi) is 6.02. The van der Waals surface area contributed by atoms with Crippen LogP contribution in [0.1, 0.15) is 54.0 Å². The molecular weight excluding hydrogens is 416 g/mol. The van der Waals surface area contributed by atoms with E-state index in [1.807, 2.05) is 33.8 Å². The molecule has 162 valence electrons. The standard InChI is InChI=1S/C24H25ClN2O4/c1-23(2)21(27-19(28)14-6-8-15(9-7-14)20(29)30-5)24(3,4)22(23)31-17-11-10-16(13-26)18(25)12-17/h6-12,21-22H,1-5H3,(H,27,28)/t21-,22-. The summed E-state index contributed by atoms with van der Waals surface area (Å²) in [5.74, 6) is -0.0862. The van der Waals surface area contributed by atoms with Crippen LogP contribution < -0.4 is 10.1 Å². The van der Waals surface area contributed by atoms with Crippen molar-refractivity contribution in [1.82, 2.24) is 5.32 Å². The van der Waals surface area contributed by atoms with Gasteiger partial charge in [0.1, 0.15) is 17.9 Å². The first-order valence-corrected chi connectivity index (χ1v) is 10.3. The molecule has 6 nitrogen and oxygen atoms in total. The number of hydrogen-bond donors (Lipinski definition) is 1. The monoisotopic (exact) mass is 440 g/mol. The molecular formula is C24H25ClN2O4. The molecule has 1 aliphatic rings. The van der Waals surface area contributed by atoms with Crippen molar-refractivity contribution >= 4 is 23.5 Å². The lowest BCUT2D eigenvalue weighted by Crippen LogP contribution is -2.74. The summed E-state index contributed by atoms with van der Waals surface area (Å²) in [6, 6.07) is 13.2. The quantitative estimate of drug-likeness (QED) is 0.686. The van der Waals surface area contributed by atoms with E-state index in [0.29, 0.717) is 27.5 Å². The highest BCUT2D eigenvalue weighted by Gasteiger charge is 2.64. The highest BCUT2D eigenvalue weighted by atomic mass is 35.5. The summed E-state index contributed by atoms with van der Waals surface area (Å²) < 4.78 is 10.9. The second-order valence-corrected chi connectivity index (χ2v) is 9.28. The summed E-state index contributed by atoms with van der Waals surface area (Å²) in [5.41, 5.74) is 0.529. The Hall–Kier alpha value is -3.04. The molecule has 0 heterocycles. The Morgan fingerprint density at radius 2 is 1.61 bits per heavy atom. The molecule has 0 radical (unpaired) electrons. The minimum absolute atomic E-state index is 0.147. The fraction of sp³-hybridized carbons (Fsp3) is 0.375. The first-order chi connectivity index (χ1) is 14.5. The number of esters is 1. The maximum atomic E-state index is 12.8. The van der Waals surface area contributed by atoms with Crippen LogP contribution >= 0.6 is 11.6 Å². The normalized spacial score (nSPS) is 20.7. The van der Waals surface area contributed by atoms with Gasteiger partial charge < -0.3 is 14.8 Å². The van der Waals surface area contributed by atoms with Crippen molar-refractivity contribution in [2.75, 3.05) is 7.11 Å². The molecule has 2 aromatic carbocycles. The second-order valence-electron chi connectivity index (χ2n) is 8.87. The summed E-state index contributed by atoms with van der Waals surface area (Å²) in [6.45, 7) is 8.16. The van der Waals surface area contributed by atoms with E-state index in [9.17, 15) is 9.59 Å². The van der Waals surface area contributed by atoms with E-state index >= 15 is 0 Å². The summed E-state index contributed by atoms with van der Waals surface area (Å²) in [6.07, 6.45) is -0.184. The Labute approximate surface area is 187 Å². The average Bonchev–Trinajstić information content (AvgIpc) is 2.74. The van der Waals surface area contributed by atoms with Crippen LogP contribution in [0.5, 0.6) is 5.75 Å². The number of halogens is 1. The lowest BCUT2D eigenvalue weighted by molar-refractivity contribution is -0.164. The van der Waals surface area contributed by atoms with Crippen LogP contribution in [0.2, 0.25) is 5.02 Å². The highest BCUT2D eigenvalue weighted by molar-refractivity contribution is 6.31. The minimum atomic E-state index is -0.448. The number of methoxy groups -OCH3 is 1. The number of nitrogens with one attached hydrogen (secondary N) is 1. The molecule has 2 aromatic rings. The Bertz CT molecular complexity index is 1040. The van der Waals surface area contributed by atoms with Crippen LogP contribution in [-0.4, -0.2) is 31.1 Å². The Morgan fingerprint density at radius 1 is 1.03 bits per heavy atom. The van der Waals surface area contributed by atoms with Crippen molar-refractivity contribution in [3.63, 3.8) is 0 Å². The van der Waals surface area contributed by atoms with Crippen molar-refractivity contribution in [2.24, 2.45) is 10.8 Å². The van der Waals surface area contributed by atoms with Crippen LogP contribution in [0.3, 0.4) is 0 Å². The van der Waals surface area contributed by atoms with Crippen molar-refractivity contribution in [1.29, 1.82) is 5.26 Å². The third-order valence-electron chi connectivity index (χ3n) is 6.00. The predicted octanol–water partition coefficient (Wildman–Crippen LogP) is 4.61. The lowest BCUT2D eigenvalue weighted by Gasteiger charge is -2.63. The molecule has 1 N–H and O–H groups in total. The third-order valence-corrected chi connectivity index (χ3v) is 6.31. The van der Waals surface area contributed by atoms with Crippen molar-refractivity contribution < 1.29 is 19.1 Å². The van der Waals surface area contributed by atoms with Crippen LogP contribution in [0.25, 0.3) is 0 Å². The van der Waals surface area contributed by atoms with Gasteiger partial charge in [0.15, 0.2) is 0 Å². The maximum absolute atomic E-state index is 12.8. The molecule has 0 aromatic heterocycles. The molecule has 0 atom stereocenters. The first kappa shape index (κ1) is 22.6. The summed E-state index contributed by atoms with van der Waals surface area (Å²) in [7, 11) is 1.31. The van der Waals surface area contributed by atoms with Gasteiger partial charge in [0.2, 0.25) is 0 Å². The molecule has 0 spiro atoms. The molecule has 31 heavy (non-hydrogen) atoms.